The quantitative estimate of drug-likeness (QED) is 0.259. The van der Waals surface area contributed by atoms with Gasteiger partial charge in [0.25, 0.3) is 0 Å². The van der Waals surface area contributed by atoms with Crippen LogP contribution in [0.3, 0.4) is 0 Å². The Morgan fingerprint density at radius 1 is 0.889 bits per heavy atom. The van der Waals surface area contributed by atoms with E-state index in [0.29, 0.717) is 41.7 Å². The number of ether oxygens (including phenoxy) is 1. The maximum Gasteiger partial charge on any atom is 0.436 e. The maximum atomic E-state index is 14.4. The summed E-state index contributed by atoms with van der Waals surface area (Å²) in [4.78, 5) is 0.388. The minimum absolute atomic E-state index is 0.132. The zero-order valence-electron chi connectivity index (χ0n) is 19.0. The van der Waals surface area contributed by atoms with Gasteiger partial charge in [0.1, 0.15) is 17.3 Å². The Labute approximate surface area is 202 Å². The first-order chi connectivity index (χ1) is 16.8. The van der Waals surface area contributed by atoms with Crippen LogP contribution < -0.4 is 9.64 Å². The molecule has 1 unspecified atom stereocenters. The number of alkyl halides is 6. The van der Waals surface area contributed by atoms with E-state index in [9.17, 15) is 35.8 Å². The van der Waals surface area contributed by atoms with Gasteiger partial charge in [-0.25, -0.2) is 4.39 Å². The van der Waals surface area contributed by atoms with Gasteiger partial charge >= 0.3 is 12.4 Å². The molecular weight excluding hydrogens is 491 g/mol. The zero-order valence-corrected chi connectivity index (χ0v) is 19.0. The van der Waals surface area contributed by atoms with Crippen LogP contribution in [0, 0.1) is 5.82 Å². The maximum absolute atomic E-state index is 14.4. The SMILES string of the molecule is CC(O)(N(Cc1cc(C(F)(F)F)ccc1F)c1cccc(Oc2cccc(C3CC3)c2)c1)C(F)(F)F. The van der Waals surface area contributed by atoms with Crippen LogP contribution in [0.1, 0.15) is 42.4 Å². The highest BCUT2D eigenvalue weighted by Gasteiger charge is 2.54. The third kappa shape index (κ3) is 5.59. The number of rotatable bonds is 7. The van der Waals surface area contributed by atoms with Crippen molar-refractivity contribution < 1.29 is 40.6 Å². The first kappa shape index (κ1) is 25.8. The summed E-state index contributed by atoms with van der Waals surface area (Å²) in [5.41, 5.74) is -4.59. The van der Waals surface area contributed by atoms with E-state index in [1.54, 1.807) is 12.1 Å². The molecule has 0 bridgehead atoms. The summed E-state index contributed by atoms with van der Waals surface area (Å²) in [6.07, 6.45) is -7.93. The summed E-state index contributed by atoms with van der Waals surface area (Å²) in [5, 5.41) is 10.4. The topological polar surface area (TPSA) is 32.7 Å². The summed E-state index contributed by atoms with van der Waals surface area (Å²) >= 11 is 0. The van der Waals surface area contributed by atoms with Crippen molar-refractivity contribution >= 4 is 5.69 Å². The minimum atomic E-state index is -5.22. The number of anilines is 1. The molecule has 3 aromatic carbocycles. The van der Waals surface area contributed by atoms with Gasteiger partial charge in [-0.1, -0.05) is 18.2 Å². The third-order valence-electron chi connectivity index (χ3n) is 6.04. The summed E-state index contributed by atoms with van der Waals surface area (Å²) < 4.78 is 101. The Bertz CT molecular complexity index is 1230. The highest BCUT2D eigenvalue weighted by molar-refractivity contribution is 5.54. The van der Waals surface area contributed by atoms with Crippen molar-refractivity contribution in [2.45, 2.75) is 50.3 Å². The molecule has 0 radical (unpaired) electrons. The zero-order chi connectivity index (χ0) is 26.3. The predicted molar refractivity (Wildman–Crippen MR) is 119 cm³/mol. The molecular formula is C26H22F7NO2. The lowest BCUT2D eigenvalue weighted by Gasteiger charge is -2.40. The van der Waals surface area contributed by atoms with Crippen molar-refractivity contribution in [2.75, 3.05) is 4.90 Å². The van der Waals surface area contributed by atoms with Crippen LogP contribution in [0.15, 0.2) is 66.7 Å². The summed E-state index contributed by atoms with van der Waals surface area (Å²) in [5.74, 6) is -0.113. The smallest absolute Gasteiger partial charge is 0.436 e. The second-order valence-corrected chi connectivity index (χ2v) is 8.85. The van der Waals surface area contributed by atoms with E-state index in [-0.39, 0.29) is 11.4 Å². The summed E-state index contributed by atoms with van der Waals surface area (Å²) in [7, 11) is 0. The van der Waals surface area contributed by atoms with Gasteiger partial charge in [-0.2, -0.15) is 26.3 Å². The van der Waals surface area contributed by atoms with Gasteiger partial charge in [-0.15, -0.1) is 0 Å². The molecule has 0 spiro atoms. The third-order valence-corrected chi connectivity index (χ3v) is 6.04. The van der Waals surface area contributed by atoms with Gasteiger partial charge in [-0.3, -0.25) is 0 Å². The van der Waals surface area contributed by atoms with E-state index >= 15 is 0 Å². The monoisotopic (exact) mass is 513 g/mol. The molecule has 1 aliphatic rings. The molecule has 1 atom stereocenters. The fourth-order valence-corrected chi connectivity index (χ4v) is 3.79. The Kier molecular flexibility index (Phi) is 6.68. The minimum Gasteiger partial charge on any atom is -0.457 e. The largest absolute Gasteiger partial charge is 0.457 e. The Balaban J connectivity index is 1.70. The number of halogens is 7. The van der Waals surface area contributed by atoms with E-state index in [1.807, 2.05) is 12.1 Å². The van der Waals surface area contributed by atoms with Gasteiger partial charge in [0.15, 0.2) is 0 Å². The number of aliphatic hydroxyl groups is 1. The van der Waals surface area contributed by atoms with E-state index in [1.165, 1.54) is 24.3 Å². The molecule has 3 nitrogen and oxygen atoms in total. The standard InChI is InChI=1S/C26H22F7NO2/c1-24(35,26(31,32)33)34(15-18-12-19(25(28,29)30)10-11-23(18)27)20-5-3-7-22(14-20)36-21-6-2-4-17(13-21)16-8-9-16/h2-7,10-14,16,35H,8-9,15H2,1H3. The van der Waals surface area contributed by atoms with Crippen LogP contribution in [-0.2, 0) is 12.7 Å². The van der Waals surface area contributed by atoms with Crippen molar-refractivity contribution in [3.8, 4) is 11.5 Å². The second-order valence-electron chi connectivity index (χ2n) is 8.85. The van der Waals surface area contributed by atoms with Crippen molar-refractivity contribution in [3.05, 3.63) is 89.2 Å². The van der Waals surface area contributed by atoms with Gasteiger partial charge in [0.05, 0.1) is 5.56 Å². The van der Waals surface area contributed by atoms with Gasteiger partial charge in [-0.05, 0) is 73.7 Å². The molecule has 10 heteroatoms. The molecule has 0 aliphatic heterocycles. The second kappa shape index (κ2) is 9.31. The van der Waals surface area contributed by atoms with Crippen LogP contribution in [-0.4, -0.2) is 17.0 Å². The van der Waals surface area contributed by atoms with Crippen LogP contribution in [0.5, 0.6) is 11.5 Å². The molecule has 0 aromatic heterocycles. The molecule has 0 saturated heterocycles. The number of nitrogens with zero attached hydrogens (tertiary/aromatic N) is 1. The van der Waals surface area contributed by atoms with E-state index in [4.69, 9.17) is 4.74 Å². The number of hydrogen-bond donors (Lipinski definition) is 1. The molecule has 0 heterocycles. The molecule has 1 aliphatic carbocycles. The molecule has 1 saturated carbocycles. The molecule has 0 amide bonds. The molecule has 1 fully saturated rings. The van der Waals surface area contributed by atoms with Crippen molar-refractivity contribution in [1.82, 2.24) is 0 Å². The van der Waals surface area contributed by atoms with Gasteiger partial charge < -0.3 is 14.7 Å². The number of benzene rings is 3. The molecule has 192 valence electrons. The highest BCUT2D eigenvalue weighted by atomic mass is 19.4. The van der Waals surface area contributed by atoms with Crippen molar-refractivity contribution in [1.29, 1.82) is 0 Å². The molecule has 36 heavy (non-hydrogen) atoms. The van der Waals surface area contributed by atoms with E-state index in [0.717, 1.165) is 18.4 Å². The lowest BCUT2D eigenvalue weighted by molar-refractivity contribution is -0.253. The fourth-order valence-electron chi connectivity index (χ4n) is 3.79. The van der Waals surface area contributed by atoms with Gasteiger partial charge in [0.2, 0.25) is 5.72 Å². The van der Waals surface area contributed by atoms with E-state index in [2.05, 4.69) is 0 Å². The van der Waals surface area contributed by atoms with Crippen molar-refractivity contribution in [2.24, 2.45) is 0 Å². The molecule has 3 aromatic rings. The Hall–Kier alpha value is -3.27. The number of hydrogen-bond acceptors (Lipinski definition) is 3. The van der Waals surface area contributed by atoms with Crippen LogP contribution in [0.25, 0.3) is 0 Å². The van der Waals surface area contributed by atoms with Gasteiger partial charge in [0, 0.05) is 23.9 Å². The average Bonchev–Trinajstić information content (AvgIpc) is 3.63. The normalized spacial score (nSPS) is 15.9. The summed E-state index contributed by atoms with van der Waals surface area (Å²) in [6.45, 7) is -0.548. The summed E-state index contributed by atoms with van der Waals surface area (Å²) in [6, 6.07) is 14.0. The van der Waals surface area contributed by atoms with Crippen LogP contribution in [0.4, 0.5) is 36.4 Å². The highest BCUT2D eigenvalue weighted by Crippen LogP contribution is 2.42. The van der Waals surface area contributed by atoms with Crippen LogP contribution in [0.2, 0.25) is 0 Å². The lowest BCUT2D eigenvalue weighted by Crippen LogP contribution is -2.57. The molecule has 4 rings (SSSR count). The lowest BCUT2D eigenvalue weighted by atomic mass is 10.1. The molecule has 1 N–H and O–H groups in total. The first-order valence-corrected chi connectivity index (χ1v) is 11.1. The average molecular weight is 513 g/mol. The van der Waals surface area contributed by atoms with E-state index < -0.39 is 41.6 Å². The Morgan fingerprint density at radius 2 is 1.53 bits per heavy atom. The first-order valence-electron chi connectivity index (χ1n) is 11.1. The van der Waals surface area contributed by atoms with Crippen LogP contribution >= 0.6 is 0 Å². The fraction of sp³-hybridized carbons (Fsp3) is 0.308. The predicted octanol–water partition coefficient (Wildman–Crippen LogP) is 7.79. The van der Waals surface area contributed by atoms with Crippen molar-refractivity contribution in [3.63, 3.8) is 0 Å². The Morgan fingerprint density at radius 3 is 2.14 bits per heavy atom.